The van der Waals surface area contributed by atoms with E-state index in [-0.39, 0.29) is 23.9 Å². The second-order valence-corrected chi connectivity index (χ2v) is 10.7. The number of para-hydroxylation sites is 1. The number of carboxylic acid groups (broad SMARTS) is 1. The van der Waals surface area contributed by atoms with Crippen LogP contribution in [0, 0.1) is 11.6 Å². The van der Waals surface area contributed by atoms with Crippen molar-refractivity contribution < 1.29 is 37.7 Å². The smallest absolute Gasteiger partial charge is 0.346 e. The van der Waals surface area contributed by atoms with E-state index < -0.39 is 40.8 Å². The van der Waals surface area contributed by atoms with Crippen molar-refractivity contribution in [1.82, 2.24) is 9.97 Å². The molecule has 2 atom stereocenters. The lowest BCUT2D eigenvalue weighted by Gasteiger charge is -2.12. The molecule has 1 saturated heterocycles. The van der Waals surface area contributed by atoms with Crippen LogP contribution in [-0.2, 0) is 15.1 Å². The molecule has 1 aliphatic rings. The van der Waals surface area contributed by atoms with Gasteiger partial charge in [-0.05, 0) is 37.1 Å². The van der Waals surface area contributed by atoms with Gasteiger partial charge in [0.2, 0.25) is 11.4 Å². The summed E-state index contributed by atoms with van der Waals surface area (Å²) in [5.41, 5.74) is -1.45. The molecule has 0 aliphatic carbocycles. The predicted molar refractivity (Wildman–Crippen MR) is 156 cm³/mol. The summed E-state index contributed by atoms with van der Waals surface area (Å²) < 4.78 is 46.0. The SMILES string of the molecule is CCCCCCCCCCOc1ccc(C(=O)Oc2ccccc2-c2ncc([C@@]3(C(=O)O)O[C@@H]3CCC)cn2)c(F)c1F. The van der Waals surface area contributed by atoms with Crippen LogP contribution in [0.25, 0.3) is 11.4 Å². The van der Waals surface area contributed by atoms with Crippen LogP contribution in [0.3, 0.4) is 0 Å². The van der Waals surface area contributed by atoms with Gasteiger partial charge >= 0.3 is 11.9 Å². The topological polar surface area (TPSA) is 111 Å². The lowest BCUT2D eigenvalue weighted by Crippen LogP contribution is -2.25. The van der Waals surface area contributed by atoms with Gasteiger partial charge in [0.25, 0.3) is 0 Å². The molecular formula is C33H38F2N2O6. The normalized spacial score (nSPS) is 17.4. The fourth-order valence-electron chi connectivity index (χ4n) is 5.05. The average molecular weight is 597 g/mol. The lowest BCUT2D eigenvalue weighted by atomic mass is 9.95. The number of carboxylic acids is 1. The van der Waals surface area contributed by atoms with Crippen molar-refractivity contribution in [3.8, 4) is 22.9 Å². The first-order chi connectivity index (χ1) is 20.8. The summed E-state index contributed by atoms with van der Waals surface area (Å²) in [6.45, 7) is 4.37. The third-order valence-corrected chi connectivity index (χ3v) is 7.53. The fraction of sp³-hybridized carbons (Fsp3) is 0.455. The van der Waals surface area contributed by atoms with Crippen LogP contribution in [0.5, 0.6) is 11.5 Å². The maximum absolute atomic E-state index is 14.9. The van der Waals surface area contributed by atoms with Crippen molar-refractivity contribution in [2.24, 2.45) is 0 Å². The molecule has 0 saturated carbocycles. The Labute approximate surface area is 250 Å². The standard InChI is InChI=1S/C33H38F2N2O6/c1-3-5-6-7-8-9-10-13-19-41-26-18-17-24(28(34)29(26)35)31(38)42-25-16-12-11-15-23(25)30-36-20-22(21-37-30)33(32(39)40)27(43-33)14-4-2/h11-12,15-18,20-21,27H,3-10,13-14,19H2,1-2H3,(H,39,40)/t27-,33-/m1/s1. The van der Waals surface area contributed by atoms with Gasteiger partial charge in [-0.15, -0.1) is 0 Å². The molecule has 10 heteroatoms. The maximum atomic E-state index is 14.9. The summed E-state index contributed by atoms with van der Waals surface area (Å²) in [5, 5.41) is 9.75. The van der Waals surface area contributed by atoms with Gasteiger partial charge < -0.3 is 19.3 Å². The molecule has 43 heavy (non-hydrogen) atoms. The number of nitrogens with zero attached hydrogens (tertiary/aromatic N) is 2. The minimum atomic E-state index is -1.48. The predicted octanol–water partition coefficient (Wildman–Crippen LogP) is 7.64. The zero-order valence-electron chi connectivity index (χ0n) is 24.6. The molecule has 2 heterocycles. The van der Waals surface area contributed by atoms with Crippen LogP contribution in [-0.4, -0.2) is 39.7 Å². The molecule has 0 amide bonds. The Kier molecular flexibility index (Phi) is 11.2. The van der Waals surface area contributed by atoms with Crippen molar-refractivity contribution in [3.05, 3.63) is 71.6 Å². The summed E-state index contributed by atoms with van der Waals surface area (Å²) in [6.07, 6.45) is 12.4. The van der Waals surface area contributed by atoms with Crippen LogP contribution < -0.4 is 9.47 Å². The Morgan fingerprint density at radius 1 is 0.884 bits per heavy atom. The minimum Gasteiger partial charge on any atom is -0.490 e. The van der Waals surface area contributed by atoms with Gasteiger partial charge in [-0.1, -0.05) is 77.3 Å². The number of aliphatic carboxylic acids is 1. The van der Waals surface area contributed by atoms with Gasteiger partial charge in [0.15, 0.2) is 17.4 Å². The third-order valence-electron chi connectivity index (χ3n) is 7.53. The Morgan fingerprint density at radius 2 is 1.56 bits per heavy atom. The van der Waals surface area contributed by atoms with Crippen molar-refractivity contribution in [2.45, 2.75) is 89.8 Å². The molecule has 0 bridgehead atoms. The number of halogens is 2. The van der Waals surface area contributed by atoms with Gasteiger partial charge in [0, 0.05) is 18.0 Å². The number of carbonyl (C=O) groups excluding carboxylic acids is 1. The Balaban J connectivity index is 1.38. The van der Waals surface area contributed by atoms with Crippen molar-refractivity contribution in [1.29, 1.82) is 0 Å². The number of carbonyl (C=O) groups is 2. The van der Waals surface area contributed by atoms with E-state index in [4.69, 9.17) is 14.2 Å². The Bertz CT molecular complexity index is 1400. The van der Waals surface area contributed by atoms with Crippen LogP contribution in [0.2, 0.25) is 0 Å². The number of esters is 1. The van der Waals surface area contributed by atoms with Crippen LogP contribution >= 0.6 is 0 Å². The van der Waals surface area contributed by atoms with E-state index >= 15 is 0 Å². The van der Waals surface area contributed by atoms with E-state index in [9.17, 15) is 23.5 Å². The molecule has 1 fully saturated rings. The number of unbranched alkanes of at least 4 members (excludes halogenated alkanes) is 7. The van der Waals surface area contributed by atoms with E-state index in [1.54, 1.807) is 18.2 Å². The number of benzene rings is 2. The average Bonchev–Trinajstić information content (AvgIpc) is 3.74. The minimum absolute atomic E-state index is 0.0227. The van der Waals surface area contributed by atoms with E-state index in [2.05, 4.69) is 16.9 Å². The molecule has 3 aromatic rings. The monoisotopic (exact) mass is 596 g/mol. The molecule has 8 nitrogen and oxygen atoms in total. The fourth-order valence-corrected chi connectivity index (χ4v) is 5.05. The Hall–Kier alpha value is -3.92. The first-order valence-electron chi connectivity index (χ1n) is 15.0. The lowest BCUT2D eigenvalue weighted by molar-refractivity contribution is -0.143. The molecule has 4 rings (SSSR count). The summed E-state index contributed by atoms with van der Waals surface area (Å²) in [6, 6.07) is 8.69. The van der Waals surface area contributed by atoms with E-state index in [1.807, 2.05) is 6.92 Å². The van der Waals surface area contributed by atoms with Gasteiger partial charge in [-0.25, -0.2) is 23.9 Å². The summed E-state index contributed by atoms with van der Waals surface area (Å²) in [5.74, 6) is -4.92. The zero-order chi connectivity index (χ0) is 30.8. The number of hydrogen-bond acceptors (Lipinski definition) is 7. The van der Waals surface area contributed by atoms with Crippen molar-refractivity contribution in [2.75, 3.05) is 6.61 Å². The molecule has 230 valence electrons. The molecule has 1 N–H and O–H groups in total. The highest BCUT2D eigenvalue weighted by Gasteiger charge is 2.64. The molecule has 2 aromatic carbocycles. The molecule has 1 aromatic heterocycles. The summed E-state index contributed by atoms with van der Waals surface area (Å²) in [7, 11) is 0. The number of aromatic nitrogens is 2. The second kappa shape index (κ2) is 15.0. The summed E-state index contributed by atoms with van der Waals surface area (Å²) >= 11 is 0. The zero-order valence-corrected chi connectivity index (χ0v) is 24.6. The second-order valence-electron chi connectivity index (χ2n) is 10.7. The van der Waals surface area contributed by atoms with Crippen LogP contribution in [0.15, 0.2) is 48.8 Å². The summed E-state index contributed by atoms with van der Waals surface area (Å²) in [4.78, 5) is 33.4. The van der Waals surface area contributed by atoms with Crippen LogP contribution in [0.1, 0.15) is 94.0 Å². The molecule has 0 unspecified atom stereocenters. The number of epoxide rings is 1. The third kappa shape index (κ3) is 7.54. The van der Waals surface area contributed by atoms with E-state index in [1.165, 1.54) is 50.2 Å². The first-order valence-corrected chi connectivity index (χ1v) is 15.0. The van der Waals surface area contributed by atoms with Crippen LogP contribution in [0.4, 0.5) is 8.78 Å². The quantitative estimate of drug-likeness (QED) is 0.0733. The number of rotatable bonds is 17. The number of ether oxygens (including phenoxy) is 3. The highest BCUT2D eigenvalue weighted by atomic mass is 19.2. The van der Waals surface area contributed by atoms with Crippen molar-refractivity contribution in [3.63, 3.8) is 0 Å². The first kappa shape index (κ1) is 32.0. The number of hydrogen-bond donors (Lipinski definition) is 1. The highest BCUT2D eigenvalue weighted by molar-refractivity contribution is 5.92. The highest BCUT2D eigenvalue weighted by Crippen LogP contribution is 2.48. The molecule has 0 spiro atoms. The largest absolute Gasteiger partial charge is 0.490 e. The van der Waals surface area contributed by atoms with E-state index in [0.717, 1.165) is 38.2 Å². The van der Waals surface area contributed by atoms with Gasteiger partial charge in [0.05, 0.1) is 17.7 Å². The van der Waals surface area contributed by atoms with Gasteiger partial charge in [0.1, 0.15) is 11.9 Å². The van der Waals surface area contributed by atoms with Crippen molar-refractivity contribution >= 4 is 11.9 Å². The van der Waals surface area contributed by atoms with Gasteiger partial charge in [-0.3, -0.25) is 0 Å². The van der Waals surface area contributed by atoms with E-state index in [0.29, 0.717) is 17.5 Å². The molecule has 0 radical (unpaired) electrons. The van der Waals surface area contributed by atoms with Gasteiger partial charge in [-0.2, -0.15) is 4.39 Å². The maximum Gasteiger partial charge on any atom is 0.346 e. The molecule has 1 aliphatic heterocycles. The Morgan fingerprint density at radius 3 is 2.23 bits per heavy atom. The molecular weight excluding hydrogens is 558 g/mol.